The monoisotopic (exact) mass is 337 g/mol. The number of ether oxygens (including phenoxy) is 2. The molecule has 0 N–H and O–H groups in total. The molecule has 0 radical (unpaired) electrons. The van der Waals surface area contributed by atoms with Crippen LogP contribution in [0.1, 0.15) is 66.2 Å². The Morgan fingerprint density at radius 1 is 1.12 bits per heavy atom. The van der Waals surface area contributed by atoms with E-state index in [1.807, 2.05) is 0 Å². The van der Waals surface area contributed by atoms with Crippen LogP contribution in [0.3, 0.4) is 0 Å². The van der Waals surface area contributed by atoms with Gasteiger partial charge in [0.2, 0.25) is 0 Å². The molecule has 1 fully saturated rings. The van der Waals surface area contributed by atoms with Crippen LogP contribution in [0.4, 0.5) is 0 Å². The summed E-state index contributed by atoms with van der Waals surface area (Å²) in [7, 11) is 0. The Hall–Kier alpha value is -1.57. The van der Waals surface area contributed by atoms with Crippen LogP contribution >= 0.6 is 0 Å². The van der Waals surface area contributed by atoms with E-state index in [0.29, 0.717) is 12.3 Å². The molecule has 5 heteroatoms. The summed E-state index contributed by atoms with van der Waals surface area (Å²) in [5.41, 5.74) is -1.42. The molecule has 0 aromatic heterocycles. The number of hydrogen-bond acceptors (Lipinski definition) is 5. The maximum Gasteiger partial charge on any atom is 0.327 e. The number of esters is 2. The fourth-order valence-electron chi connectivity index (χ4n) is 3.71. The van der Waals surface area contributed by atoms with Crippen molar-refractivity contribution < 1.29 is 19.1 Å². The summed E-state index contributed by atoms with van der Waals surface area (Å²) in [4.78, 5) is 25.5. The highest BCUT2D eigenvalue weighted by Crippen LogP contribution is 2.48. The summed E-state index contributed by atoms with van der Waals surface area (Å²) < 4.78 is 10.5. The van der Waals surface area contributed by atoms with Gasteiger partial charge in [-0.1, -0.05) is 33.1 Å². The highest BCUT2D eigenvalue weighted by molar-refractivity contribution is 5.88. The van der Waals surface area contributed by atoms with Crippen LogP contribution in [0.15, 0.2) is 0 Å². The summed E-state index contributed by atoms with van der Waals surface area (Å²) in [5.74, 6) is -1.51. The van der Waals surface area contributed by atoms with E-state index < -0.39 is 23.3 Å². The molecular weight excluding hydrogens is 306 g/mol. The highest BCUT2D eigenvalue weighted by Gasteiger charge is 2.57. The van der Waals surface area contributed by atoms with E-state index in [1.165, 1.54) is 0 Å². The summed E-state index contributed by atoms with van der Waals surface area (Å²) in [5, 5.41) is 10.0. The Morgan fingerprint density at radius 3 is 2.17 bits per heavy atom. The van der Waals surface area contributed by atoms with Crippen LogP contribution in [-0.2, 0) is 19.1 Å². The van der Waals surface area contributed by atoms with Gasteiger partial charge in [0.15, 0.2) is 5.41 Å². The molecule has 0 amide bonds. The van der Waals surface area contributed by atoms with Crippen molar-refractivity contribution in [1.29, 1.82) is 5.26 Å². The Balaban J connectivity index is 3.28. The van der Waals surface area contributed by atoms with Crippen molar-refractivity contribution in [1.82, 2.24) is 0 Å². The van der Waals surface area contributed by atoms with Gasteiger partial charge in [-0.25, -0.2) is 0 Å². The van der Waals surface area contributed by atoms with Gasteiger partial charge in [0.25, 0.3) is 0 Å². The third-order valence-corrected chi connectivity index (χ3v) is 4.95. The minimum Gasteiger partial charge on any atom is -0.466 e. The van der Waals surface area contributed by atoms with E-state index in [0.717, 1.165) is 32.1 Å². The van der Waals surface area contributed by atoms with Gasteiger partial charge in [-0.3, -0.25) is 9.59 Å². The van der Waals surface area contributed by atoms with Gasteiger partial charge in [0.05, 0.1) is 25.2 Å². The zero-order valence-corrected chi connectivity index (χ0v) is 15.5. The molecule has 0 bridgehead atoms. The first-order valence-electron chi connectivity index (χ1n) is 9.19. The Labute approximate surface area is 145 Å². The summed E-state index contributed by atoms with van der Waals surface area (Å²) >= 11 is 0. The van der Waals surface area contributed by atoms with Crippen LogP contribution in [0.5, 0.6) is 0 Å². The second-order valence-corrected chi connectivity index (χ2v) is 6.96. The third-order valence-electron chi connectivity index (χ3n) is 4.95. The zero-order chi connectivity index (χ0) is 18.2. The number of rotatable bonds is 9. The molecule has 136 valence electrons. The second-order valence-electron chi connectivity index (χ2n) is 6.96. The van der Waals surface area contributed by atoms with Gasteiger partial charge in [-0.2, -0.15) is 5.26 Å². The molecule has 0 saturated heterocycles. The average Bonchev–Trinajstić information content (AvgIpc) is 3.06. The molecule has 0 aromatic rings. The molecule has 0 aromatic carbocycles. The minimum absolute atomic E-state index is 0.136. The lowest BCUT2D eigenvalue weighted by Crippen LogP contribution is -2.48. The number of nitrogens with zero attached hydrogens (tertiary/aromatic N) is 1. The smallest absolute Gasteiger partial charge is 0.327 e. The predicted molar refractivity (Wildman–Crippen MR) is 90.8 cm³/mol. The molecule has 1 aliphatic carbocycles. The first kappa shape index (κ1) is 20.5. The van der Waals surface area contributed by atoms with E-state index in [1.54, 1.807) is 13.8 Å². The quantitative estimate of drug-likeness (QED) is 0.597. The topological polar surface area (TPSA) is 76.4 Å². The SMILES string of the molecule is CCOC(=O)C(CCC(C)C)C(C#N)(C(=O)OCC)C1CCCC1. The van der Waals surface area contributed by atoms with Crippen LogP contribution in [0.2, 0.25) is 0 Å². The fraction of sp³-hybridized carbons (Fsp3) is 0.842. The van der Waals surface area contributed by atoms with Gasteiger partial charge in [-0.05, 0) is 44.9 Å². The molecule has 1 aliphatic rings. The molecule has 0 spiro atoms. The fourth-order valence-corrected chi connectivity index (χ4v) is 3.71. The summed E-state index contributed by atoms with van der Waals surface area (Å²) in [6.07, 6.45) is 4.76. The van der Waals surface area contributed by atoms with Gasteiger partial charge >= 0.3 is 11.9 Å². The maximum atomic E-state index is 12.8. The molecule has 5 nitrogen and oxygen atoms in total. The van der Waals surface area contributed by atoms with Crippen molar-refractivity contribution in [2.24, 2.45) is 23.2 Å². The molecule has 1 rings (SSSR count). The molecule has 2 unspecified atom stereocenters. The first-order valence-corrected chi connectivity index (χ1v) is 9.19. The summed E-state index contributed by atoms with van der Waals surface area (Å²) in [6, 6.07) is 2.23. The van der Waals surface area contributed by atoms with E-state index in [2.05, 4.69) is 19.9 Å². The molecule has 1 saturated carbocycles. The standard InChI is InChI=1S/C19H31NO4/c1-5-23-17(21)16(12-11-14(3)4)19(13-20,18(22)24-6-2)15-9-7-8-10-15/h14-16H,5-12H2,1-4H3. The Morgan fingerprint density at radius 2 is 1.71 bits per heavy atom. The number of nitriles is 1. The molecule has 24 heavy (non-hydrogen) atoms. The normalized spacial score (nSPS) is 18.7. The molecule has 0 aliphatic heterocycles. The van der Waals surface area contributed by atoms with Crippen molar-refractivity contribution >= 4 is 11.9 Å². The molecule has 0 heterocycles. The maximum absolute atomic E-state index is 12.8. The third kappa shape index (κ3) is 4.49. The van der Waals surface area contributed by atoms with Crippen molar-refractivity contribution in [3.63, 3.8) is 0 Å². The Kier molecular flexibility index (Phi) is 8.24. The first-order chi connectivity index (χ1) is 11.4. The van der Waals surface area contributed by atoms with E-state index >= 15 is 0 Å². The van der Waals surface area contributed by atoms with Crippen LogP contribution < -0.4 is 0 Å². The highest BCUT2D eigenvalue weighted by atomic mass is 16.5. The van der Waals surface area contributed by atoms with Crippen LogP contribution in [0.25, 0.3) is 0 Å². The van der Waals surface area contributed by atoms with Crippen molar-refractivity contribution in [2.75, 3.05) is 13.2 Å². The minimum atomic E-state index is -1.42. The van der Waals surface area contributed by atoms with Gasteiger partial charge < -0.3 is 9.47 Å². The largest absolute Gasteiger partial charge is 0.466 e. The van der Waals surface area contributed by atoms with Crippen LogP contribution in [0, 0.1) is 34.5 Å². The van der Waals surface area contributed by atoms with Crippen molar-refractivity contribution in [3.8, 4) is 6.07 Å². The van der Waals surface area contributed by atoms with Gasteiger partial charge in [-0.15, -0.1) is 0 Å². The summed E-state index contributed by atoms with van der Waals surface area (Å²) in [6.45, 7) is 8.04. The van der Waals surface area contributed by atoms with Crippen molar-refractivity contribution in [3.05, 3.63) is 0 Å². The zero-order valence-electron chi connectivity index (χ0n) is 15.5. The molecular formula is C19H31NO4. The number of carbonyl (C=O) groups excluding carboxylic acids is 2. The van der Waals surface area contributed by atoms with E-state index in [-0.39, 0.29) is 19.1 Å². The lowest BCUT2D eigenvalue weighted by atomic mass is 9.64. The van der Waals surface area contributed by atoms with Gasteiger partial charge in [0.1, 0.15) is 0 Å². The lowest BCUT2D eigenvalue weighted by Gasteiger charge is -2.36. The lowest BCUT2D eigenvalue weighted by molar-refractivity contribution is -0.169. The average molecular weight is 337 g/mol. The van der Waals surface area contributed by atoms with E-state index in [9.17, 15) is 14.9 Å². The number of hydrogen-bond donors (Lipinski definition) is 0. The van der Waals surface area contributed by atoms with Gasteiger partial charge in [0, 0.05) is 0 Å². The van der Waals surface area contributed by atoms with E-state index in [4.69, 9.17) is 9.47 Å². The molecule has 2 atom stereocenters. The van der Waals surface area contributed by atoms with Crippen LogP contribution in [-0.4, -0.2) is 25.2 Å². The second kappa shape index (κ2) is 9.66. The van der Waals surface area contributed by atoms with Crippen molar-refractivity contribution in [2.45, 2.75) is 66.2 Å². The Bertz CT molecular complexity index is 462. The predicted octanol–water partition coefficient (Wildman–Crippen LogP) is 3.87. The number of carbonyl (C=O) groups is 2.